The van der Waals surface area contributed by atoms with Crippen LogP contribution in [-0.2, 0) is 9.59 Å². The van der Waals surface area contributed by atoms with Crippen LogP contribution in [0, 0.1) is 17.0 Å². The van der Waals surface area contributed by atoms with Crippen LogP contribution in [0.2, 0.25) is 0 Å². The van der Waals surface area contributed by atoms with Gasteiger partial charge in [0.25, 0.3) is 11.6 Å². The van der Waals surface area contributed by atoms with Crippen molar-refractivity contribution in [3.8, 4) is 5.75 Å². The average molecular weight is 463 g/mol. The van der Waals surface area contributed by atoms with Gasteiger partial charge in [0, 0.05) is 28.0 Å². The van der Waals surface area contributed by atoms with Crippen molar-refractivity contribution in [2.24, 2.45) is 5.10 Å². The maximum atomic E-state index is 12.0. The third kappa shape index (κ3) is 7.34. The molecule has 29 heavy (non-hydrogen) atoms. The van der Waals surface area contributed by atoms with E-state index in [1.54, 1.807) is 25.1 Å². The predicted octanol–water partition coefficient (Wildman–Crippen LogP) is 3.57. The molecule has 0 fully saturated rings. The van der Waals surface area contributed by atoms with E-state index in [-0.39, 0.29) is 18.7 Å². The van der Waals surface area contributed by atoms with Crippen LogP contribution in [0.5, 0.6) is 5.75 Å². The number of rotatable bonds is 8. The Labute approximate surface area is 175 Å². The van der Waals surface area contributed by atoms with E-state index in [1.807, 2.05) is 13.0 Å². The summed E-state index contributed by atoms with van der Waals surface area (Å²) in [5, 5.41) is 17.2. The summed E-state index contributed by atoms with van der Waals surface area (Å²) in [6, 6.07) is 11.0. The lowest BCUT2D eigenvalue weighted by Crippen LogP contribution is -2.26. The molecule has 0 saturated carbocycles. The van der Waals surface area contributed by atoms with E-state index in [0.717, 1.165) is 10.0 Å². The van der Waals surface area contributed by atoms with Crippen molar-refractivity contribution in [2.45, 2.75) is 20.3 Å². The number of anilines is 1. The van der Waals surface area contributed by atoms with E-state index in [4.69, 9.17) is 4.74 Å². The number of hydrazone groups is 1. The monoisotopic (exact) mass is 462 g/mol. The van der Waals surface area contributed by atoms with Crippen LogP contribution < -0.4 is 15.5 Å². The molecule has 0 aliphatic heterocycles. The van der Waals surface area contributed by atoms with E-state index in [2.05, 4.69) is 31.8 Å². The highest BCUT2D eigenvalue weighted by Gasteiger charge is 2.10. The number of nitro benzene ring substituents is 1. The Morgan fingerprint density at radius 2 is 1.97 bits per heavy atom. The van der Waals surface area contributed by atoms with Gasteiger partial charge < -0.3 is 10.1 Å². The van der Waals surface area contributed by atoms with E-state index >= 15 is 0 Å². The lowest BCUT2D eigenvalue weighted by Gasteiger charge is -2.08. The first-order chi connectivity index (χ1) is 13.7. The molecule has 0 heterocycles. The van der Waals surface area contributed by atoms with Gasteiger partial charge in [0.05, 0.1) is 11.3 Å². The smallest absolute Gasteiger partial charge is 0.277 e. The number of amides is 2. The summed E-state index contributed by atoms with van der Waals surface area (Å²) in [5.41, 5.74) is 3.84. The fraction of sp³-hybridized carbons (Fsp3) is 0.211. The minimum absolute atomic E-state index is 0.0876. The van der Waals surface area contributed by atoms with Gasteiger partial charge in [0.1, 0.15) is 5.75 Å². The standard InChI is InChI=1S/C19H19BrN4O5/c1-12-8-16(6-7-17(12)20)29-11-19(26)23-22-13(2)9-18(25)21-14-4-3-5-15(10-14)24(27)28/h3-8,10H,9,11H2,1-2H3,(H,21,25)(H,23,26). The van der Waals surface area contributed by atoms with Crippen molar-refractivity contribution >= 4 is 44.8 Å². The van der Waals surface area contributed by atoms with E-state index in [1.165, 1.54) is 18.2 Å². The number of nitro groups is 1. The number of carbonyl (C=O) groups is 2. The first-order valence-corrected chi connectivity index (χ1v) is 9.29. The molecule has 2 aromatic carbocycles. The molecule has 0 atom stereocenters. The van der Waals surface area contributed by atoms with Crippen molar-refractivity contribution in [2.75, 3.05) is 11.9 Å². The molecule has 9 nitrogen and oxygen atoms in total. The molecule has 2 amide bonds. The van der Waals surface area contributed by atoms with Crippen LogP contribution in [-0.4, -0.2) is 29.1 Å². The molecule has 0 aliphatic rings. The second kappa shape index (κ2) is 10.3. The molecule has 0 radical (unpaired) electrons. The largest absolute Gasteiger partial charge is 0.484 e. The Kier molecular flexibility index (Phi) is 7.84. The Morgan fingerprint density at radius 1 is 1.21 bits per heavy atom. The third-order valence-electron chi connectivity index (χ3n) is 3.63. The van der Waals surface area contributed by atoms with Crippen molar-refractivity contribution in [1.29, 1.82) is 0 Å². The highest BCUT2D eigenvalue weighted by molar-refractivity contribution is 9.10. The fourth-order valence-corrected chi connectivity index (χ4v) is 2.47. The zero-order chi connectivity index (χ0) is 21.4. The first-order valence-electron chi connectivity index (χ1n) is 8.50. The maximum Gasteiger partial charge on any atom is 0.277 e. The number of carbonyl (C=O) groups excluding carboxylic acids is 2. The maximum absolute atomic E-state index is 12.0. The number of non-ortho nitro benzene ring substituents is 1. The van der Waals surface area contributed by atoms with Crippen LogP contribution in [0.15, 0.2) is 52.0 Å². The van der Waals surface area contributed by atoms with Gasteiger partial charge in [0.2, 0.25) is 5.91 Å². The summed E-state index contributed by atoms with van der Waals surface area (Å²) in [5.74, 6) is -0.329. The topological polar surface area (TPSA) is 123 Å². The molecule has 0 aliphatic carbocycles. The average Bonchev–Trinajstić information content (AvgIpc) is 2.67. The van der Waals surface area contributed by atoms with Crippen LogP contribution in [0.25, 0.3) is 0 Å². The first kappa shape index (κ1) is 22.0. The third-order valence-corrected chi connectivity index (χ3v) is 4.52. The molecule has 2 N–H and O–H groups in total. The molecule has 2 rings (SSSR count). The molecule has 0 aromatic heterocycles. The highest BCUT2D eigenvalue weighted by atomic mass is 79.9. The van der Waals surface area contributed by atoms with E-state index in [0.29, 0.717) is 17.1 Å². The van der Waals surface area contributed by atoms with Crippen LogP contribution >= 0.6 is 15.9 Å². The Hall–Kier alpha value is -3.27. The minimum atomic E-state index is -0.546. The summed E-state index contributed by atoms with van der Waals surface area (Å²) >= 11 is 3.39. The van der Waals surface area contributed by atoms with Gasteiger partial charge in [-0.15, -0.1) is 0 Å². The number of ether oxygens (including phenoxy) is 1. The molecule has 0 bridgehead atoms. The summed E-state index contributed by atoms with van der Waals surface area (Å²) in [4.78, 5) is 34.1. The highest BCUT2D eigenvalue weighted by Crippen LogP contribution is 2.21. The lowest BCUT2D eigenvalue weighted by molar-refractivity contribution is -0.384. The fourth-order valence-electron chi connectivity index (χ4n) is 2.22. The second-order valence-corrected chi connectivity index (χ2v) is 6.97. The van der Waals surface area contributed by atoms with Gasteiger partial charge in [-0.2, -0.15) is 5.10 Å². The number of nitrogens with zero attached hydrogens (tertiary/aromatic N) is 2. The SMILES string of the molecule is CC(CC(=O)Nc1cccc([N+](=O)[O-])c1)=NNC(=O)COc1ccc(Br)c(C)c1. The lowest BCUT2D eigenvalue weighted by atomic mass is 10.2. The summed E-state index contributed by atoms with van der Waals surface area (Å²) < 4.78 is 6.33. The molecule has 0 saturated heterocycles. The summed E-state index contributed by atoms with van der Waals surface area (Å²) in [6.45, 7) is 3.26. The number of hydrogen-bond donors (Lipinski definition) is 2. The molecule has 0 spiro atoms. The zero-order valence-corrected chi connectivity index (χ0v) is 17.4. The quantitative estimate of drug-likeness (QED) is 0.352. The number of nitrogens with one attached hydrogen (secondary N) is 2. The van der Waals surface area contributed by atoms with Crippen molar-refractivity contribution < 1.29 is 19.2 Å². The molecular formula is C19H19BrN4O5. The molecular weight excluding hydrogens is 444 g/mol. The van der Waals surface area contributed by atoms with E-state index in [9.17, 15) is 19.7 Å². The van der Waals surface area contributed by atoms with Gasteiger partial charge in [0.15, 0.2) is 6.61 Å². The number of hydrogen-bond acceptors (Lipinski definition) is 6. The van der Waals surface area contributed by atoms with Crippen LogP contribution in [0.3, 0.4) is 0 Å². The zero-order valence-electron chi connectivity index (χ0n) is 15.8. The number of aryl methyl sites for hydroxylation is 1. The van der Waals surface area contributed by atoms with Crippen LogP contribution in [0.4, 0.5) is 11.4 Å². The molecule has 0 unspecified atom stereocenters. The Morgan fingerprint density at radius 3 is 2.66 bits per heavy atom. The number of benzene rings is 2. The van der Waals surface area contributed by atoms with Crippen molar-refractivity contribution in [3.05, 3.63) is 62.6 Å². The molecule has 152 valence electrons. The van der Waals surface area contributed by atoms with Gasteiger partial charge in [-0.05, 0) is 43.7 Å². The van der Waals surface area contributed by atoms with Crippen LogP contribution in [0.1, 0.15) is 18.9 Å². The second-order valence-electron chi connectivity index (χ2n) is 6.11. The molecule has 10 heteroatoms. The summed E-state index contributed by atoms with van der Waals surface area (Å²) in [7, 11) is 0. The normalized spacial score (nSPS) is 10.9. The number of halogens is 1. The van der Waals surface area contributed by atoms with E-state index < -0.39 is 16.7 Å². The van der Waals surface area contributed by atoms with Gasteiger partial charge >= 0.3 is 0 Å². The van der Waals surface area contributed by atoms with Crippen molar-refractivity contribution in [3.63, 3.8) is 0 Å². The van der Waals surface area contributed by atoms with Crippen molar-refractivity contribution in [1.82, 2.24) is 5.43 Å². The van der Waals surface area contributed by atoms with Gasteiger partial charge in [-0.25, -0.2) is 5.43 Å². The Bertz CT molecular complexity index is 961. The predicted molar refractivity (Wildman–Crippen MR) is 112 cm³/mol. The van der Waals surface area contributed by atoms with Gasteiger partial charge in [-0.3, -0.25) is 19.7 Å². The minimum Gasteiger partial charge on any atom is -0.484 e. The Balaban J connectivity index is 1.80. The van der Waals surface area contributed by atoms with Gasteiger partial charge in [-0.1, -0.05) is 22.0 Å². The summed E-state index contributed by atoms with van der Waals surface area (Å²) in [6.07, 6.45) is -0.0876. The molecule has 2 aromatic rings.